The van der Waals surface area contributed by atoms with Gasteiger partial charge in [-0.05, 0) is 25.3 Å². The molecule has 6 heteroatoms. The monoisotopic (exact) mass is 318 g/mol. The Hall–Kier alpha value is -1.69. The topological polar surface area (TPSA) is 66.9 Å². The van der Waals surface area contributed by atoms with E-state index in [1.165, 1.54) is 24.1 Å². The van der Waals surface area contributed by atoms with Gasteiger partial charge in [-0.2, -0.15) is 0 Å². The molecule has 1 amide bonds. The maximum Gasteiger partial charge on any atom is 0.239 e. The number of anilines is 1. The van der Waals surface area contributed by atoms with Gasteiger partial charge in [-0.3, -0.25) is 4.79 Å². The molecule has 0 radical (unpaired) electrons. The lowest BCUT2D eigenvalue weighted by atomic mass is 9.95. The number of hydrogen-bond donors (Lipinski definition) is 2. The number of amides is 1. The molecule has 1 aliphatic carbocycles. The van der Waals surface area contributed by atoms with Crippen molar-refractivity contribution in [3.05, 3.63) is 17.3 Å². The fourth-order valence-corrected chi connectivity index (χ4v) is 3.85. The van der Waals surface area contributed by atoms with E-state index in [4.69, 9.17) is 0 Å². The molecular weight excluding hydrogens is 296 g/mol. The largest absolute Gasteiger partial charge is 0.360 e. The minimum Gasteiger partial charge on any atom is -0.360 e. The second-order valence-electron chi connectivity index (χ2n) is 5.76. The Morgan fingerprint density at radius 2 is 2.14 bits per heavy atom. The van der Waals surface area contributed by atoms with E-state index in [9.17, 15) is 4.79 Å². The molecule has 1 aliphatic rings. The Morgan fingerprint density at radius 1 is 1.32 bits per heavy atom. The van der Waals surface area contributed by atoms with Crippen LogP contribution < -0.4 is 10.6 Å². The molecule has 2 aromatic rings. The fourth-order valence-electron chi connectivity index (χ4n) is 2.91. The summed E-state index contributed by atoms with van der Waals surface area (Å²) in [7, 11) is 0. The van der Waals surface area contributed by atoms with Crippen molar-refractivity contribution in [2.24, 2.45) is 0 Å². The standard InChI is InChI=1S/C16H22N4OS/c1-2-12-8-13-15(18-10-19-16(13)22-12)17-9-14(21)20-11-6-4-3-5-7-11/h8,10-11H,2-7,9H2,1H3,(H,20,21)(H,17,18,19). The lowest BCUT2D eigenvalue weighted by Crippen LogP contribution is -2.39. The molecule has 0 unspecified atom stereocenters. The molecule has 0 bridgehead atoms. The number of rotatable bonds is 5. The first-order valence-corrected chi connectivity index (χ1v) is 8.84. The summed E-state index contributed by atoms with van der Waals surface area (Å²) in [6.07, 6.45) is 8.49. The predicted molar refractivity (Wildman–Crippen MR) is 90.3 cm³/mol. The predicted octanol–water partition coefficient (Wildman–Crippen LogP) is 3.11. The lowest BCUT2D eigenvalue weighted by Gasteiger charge is -2.22. The first kappa shape index (κ1) is 15.2. The van der Waals surface area contributed by atoms with Gasteiger partial charge in [0.1, 0.15) is 17.0 Å². The van der Waals surface area contributed by atoms with Crippen LogP contribution in [0, 0.1) is 0 Å². The highest BCUT2D eigenvalue weighted by Gasteiger charge is 2.16. The van der Waals surface area contributed by atoms with Crippen LogP contribution >= 0.6 is 11.3 Å². The van der Waals surface area contributed by atoms with Gasteiger partial charge in [-0.25, -0.2) is 9.97 Å². The van der Waals surface area contributed by atoms with Gasteiger partial charge in [-0.15, -0.1) is 11.3 Å². The Kier molecular flexibility index (Phi) is 4.87. The first-order valence-electron chi connectivity index (χ1n) is 8.03. The fraction of sp³-hybridized carbons (Fsp3) is 0.562. The Bertz CT molecular complexity index is 649. The van der Waals surface area contributed by atoms with Crippen molar-refractivity contribution >= 4 is 33.3 Å². The van der Waals surface area contributed by atoms with Crippen LogP contribution in [0.15, 0.2) is 12.4 Å². The summed E-state index contributed by atoms with van der Waals surface area (Å²) in [5.74, 6) is 0.796. The highest BCUT2D eigenvalue weighted by atomic mass is 32.1. The third kappa shape index (κ3) is 3.55. The summed E-state index contributed by atoms with van der Waals surface area (Å²) in [6.45, 7) is 2.39. The molecule has 2 N–H and O–H groups in total. The zero-order valence-corrected chi connectivity index (χ0v) is 13.7. The van der Waals surface area contributed by atoms with Crippen molar-refractivity contribution in [3.63, 3.8) is 0 Å². The van der Waals surface area contributed by atoms with Crippen LogP contribution in [-0.2, 0) is 11.2 Å². The molecule has 0 atom stereocenters. The van der Waals surface area contributed by atoms with Gasteiger partial charge in [0.25, 0.3) is 0 Å². The van der Waals surface area contributed by atoms with E-state index in [1.54, 1.807) is 17.7 Å². The molecule has 5 nitrogen and oxygen atoms in total. The molecule has 0 spiro atoms. The average molecular weight is 318 g/mol. The smallest absolute Gasteiger partial charge is 0.239 e. The molecule has 3 rings (SSSR count). The van der Waals surface area contributed by atoms with E-state index in [-0.39, 0.29) is 12.5 Å². The molecule has 22 heavy (non-hydrogen) atoms. The van der Waals surface area contributed by atoms with E-state index in [0.717, 1.165) is 35.3 Å². The van der Waals surface area contributed by atoms with Crippen LogP contribution in [0.5, 0.6) is 0 Å². The van der Waals surface area contributed by atoms with Gasteiger partial charge in [0.05, 0.1) is 11.9 Å². The van der Waals surface area contributed by atoms with Crippen molar-refractivity contribution in [3.8, 4) is 0 Å². The molecule has 0 aromatic carbocycles. The number of hydrogen-bond acceptors (Lipinski definition) is 5. The zero-order chi connectivity index (χ0) is 15.4. The van der Waals surface area contributed by atoms with Crippen molar-refractivity contribution in [2.45, 2.75) is 51.5 Å². The van der Waals surface area contributed by atoms with Gasteiger partial charge in [0.2, 0.25) is 5.91 Å². The number of carbonyl (C=O) groups excluding carboxylic acids is 1. The van der Waals surface area contributed by atoms with E-state index in [1.807, 2.05) is 0 Å². The van der Waals surface area contributed by atoms with Crippen molar-refractivity contribution in [1.29, 1.82) is 0 Å². The molecule has 2 aromatic heterocycles. The third-order valence-electron chi connectivity index (χ3n) is 4.12. The Labute approximate surface area is 134 Å². The third-order valence-corrected chi connectivity index (χ3v) is 5.30. The number of thiophene rings is 1. The molecule has 2 heterocycles. The Morgan fingerprint density at radius 3 is 2.91 bits per heavy atom. The van der Waals surface area contributed by atoms with Gasteiger partial charge in [0.15, 0.2) is 0 Å². The van der Waals surface area contributed by atoms with Crippen LogP contribution in [-0.4, -0.2) is 28.5 Å². The summed E-state index contributed by atoms with van der Waals surface area (Å²) in [5.41, 5.74) is 0. The molecular formula is C16H22N4OS. The molecule has 0 aliphatic heterocycles. The van der Waals surface area contributed by atoms with Crippen LogP contribution in [0.25, 0.3) is 10.2 Å². The van der Waals surface area contributed by atoms with Crippen LogP contribution in [0.2, 0.25) is 0 Å². The minimum atomic E-state index is 0.0459. The van der Waals surface area contributed by atoms with Crippen molar-refractivity contribution < 1.29 is 4.79 Å². The van der Waals surface area contributed by atoms with E-state index < -0.39 is 0 Å². The quantitative estimate of drug-likeness (QED) is 0.889. The number of aryl methyl sites for hydroxylation is 1. The molecule has 1 saturated carbocycles. The molecule has 118 valence electrons. The molecule has 1 fully saturated rings. The number of carbonyl (C=O) groups is 1. The van der Waals surface area contributed by atoms with E-state index >= 15 is 0 Å². The SMILES string of the molecule is CCc1cc2c(NCC(=O)NC3CCCCC3)ncnc2s1. The van der Waals surface area contributed by atoms with Crippen LogP contribution in [0.4, 0.5) is 5.82 Å². The van der Waals surface area contributed by atoms with Gasteiger partial charge in [-0.1, -0.05) is 26.2 Å². The summed E-state index contributed by atoms with van der Waals surface area (Å²) < 4.78 is 0. The average Bonchev–Trinajstić information content (AvgIpc) is 2.97. The molecule has 0 saturated heterocycles. The lowest BCUT2D eigenvalue weighted by molar-refractivity contribution is -0.120. The first-order chi connectivity index (χ1) is 10.8. The number of aromatic nitrogens is 2. The number of nitrogens with zero attached hydrogens (tertiary/aromatic N) is 2. The second-order valence-corrected chi connectivity index (χ2v) is 6.88. The maximum atomic E-state index is 12.1. The minimum absolute atomic E-state index is 0.0459. The van der Waals surface area contributed by atoms with Gasteiger partial charge in [0, 0.05) is 10.9 Å². The van der Waals surface area contributed by atoms with Crippen LogP contribution in [0.3, 0.4) is 0 Å². The second kappa shape index (κ2) is 7.05. The number of fused-ring (bicyclic) bond motifs is 1. The van der Waals surface area contributed by atoms with Gasteiger partial charge < -0.3 is 10.6 Å². The summed E-state index contributed by atoms with van der Waals surface area (Å²) >= 11 is 1.68. The highest BCUT2D eigenvalue weighted by Crippen LogP contribution is 2.28. The summed E-state index contributed by atoms with van der Waals surface area (Å²) in [5, 5.41) is 7.28. The van der Waals surface area contributed by atoms with Crippen molar-refractivity contribution in [2.75, 3.05) is 11.9 Å². The normalized spacial score (nSPS) is 15.9. The van der Waals surface area contributed by atoms with Crippen LogP contribution in [0.1, 0.15) is 43.9 Å². The van der Waals surface area contributed by atoms with E-state index in [0.29, 0.717) is 6.04 Å². The van der Waals surface area contributed by atoms with Gasteiger partial charge >= 0.3 is 0 Å². The highest BCUT2D eigenvalue weighted by molar-refractivity contribution is 7.18. The van der Waals surface area contributed by atoms with E-state index in [2.05, 4.69) is 33.6 Å². The Balaban J connectivity index is 1.61. The number of nitrogens with one attached hydrogen (secondary N) is 2. The maximum absolute atomic E-state index is 12.1. The summed E-state index contributed by atoms with van der Waals surface area (Å²) in [4.78, 5) is 22.9. The zero-order valence-electron chi connectivity index (χ0n) is 12.9. The summed E-state index contributed by atoms with van der Waals surface area (Å²) in [6, 6.07) is 2.46. The van der Waals surface area contributed by atoms with Crippen molar-refractivity contribution in [1.82, 2.24) is 15.3 Å².